The summed E-state index contributed by atoms with van der Waals surface area (Å²) in [4.78, 5) is 34.1. The number of anilines is 2. The van der Waals surface area contributed by atoms with Gasteiger partial charge in [-0.2, -0.15) is 0 Å². The highest BCUT2D eigenvalue weighted by Crippen LogP contribution is 2.48. The van der Waals surface area contributed by atoms with Gasteiger partial charge in [0.25, 0.3) is 5.56 Å². The van der Waals surface area contributed by atoms with E-state index in [-0.39, 0.29) is 11.0 Å². The number of H-pyrrole nitrogens is 1. The lowest BCUT2D eigenvalue weighted by molar-refractivity contribution is 0.0696. The maximum Gasteiger partial charge on any atom is 0.335 e. The number of carboxylic acids is 1. The summed E-state index contributed by atoms with van der Waals surface area (Å²) in [6.07, 6.45) is 5.63. The molecule has 0 atom stereocenters. The summed E-state index contributed by atoms with van der Waals surface area (Å²) >= 11 is 0. The topological polar surface area (TPSA) is 98.3 Å². The molecule has 0 saturated carbocycles. The quantitative estimate of drug-likeness (QED) is 0.738. The summed E-state index contributed by atoms with van der Waals surface area (Å²) in [6.45, 7) is 2.52. The van der Waals surface area contributed by atoms with E-state index in [0.29, 0.717) is 11.5 Å². The Morgan fingerprint density at radius 2 is 1.96 bits per heavy atom. The van der Waals surface area contributed by atoms with Crippen molar-refractivity contribution < 1.29 is 9.90 Å². The average molecular weight is 380 g/mol. The minimum absolute atomic E-state index is 0.0327. The van der Waals surface area contributed by atoms with E-state index >= 15 is 0 Å². The maximum atomic E-state index is 12.7. The van der Waals surface area contributed by atoms with Crippen LogP contribution in [-0.2, 0) is 18.3 Å². The molecule has 2 aromatic rings. The number of carboxylic acid groups (broad SMARTS) is 1. The third-order valence-corrected chi connectivity index (χ3v) is 6.56. The van der Waals surface area contributed by atoms with Crippen LogP contribution in [0.1, 0.15) is 52.9 Å². The van der Waals surface area contributed by atoms with Crippen LogP contribution in [0, 0.1) is 0 Å². The molecule has 5 rings (SSSR count). The molecule has 146 valence electrons. The van der Waals surface area contributed by atoms with Crippen LogP contribution in [0.15, 0.2) is 23.0 Å². The molecule has 7 nitrogen and oxygen atoms in total. The van der Waals surface area contributed by atoms with Crippen molar-refractivity contribution in [1.29, 1.82) is 0 Å². The molecule has 1 aromatic heterocycles. The van der Waals surface area contributed by atoms with Crippen LogP contribution in [-0.4, -0.2) is 40.7 Å². The number of aromatic carboxylic acids is 1. The van der Waals surface area contributed by atoms with Crippen molar-refractivity contribution >= 4 is 17.6 Å². The van der Waals surface area contributed by atoms with Crippen LogP contribution >= 0.6 is 0 Å². The van der Waals surface area contributed by atoms with Gasteiger partial charge in [0.1, 0.15) is 0 Å². The highest BCUT2D eigenvalue weighted by molar-refractivity contribution is 5.89. The van der Waals surface area contributed by atoms with Gasteiger partial charge >= 0.3 is 5.97 Å². The van der Waals surface area contributed by atoms with Crippen molar-refractivity contribution in [3.05, 3.63) is 50.9 Å². The van der Waals surface area contributed by atoms with Crippen LogP contribution in [0.25, 0.3) is 0 Å². The van der Waals surface area contributed by atoms with Gasteiger partial charge in [0, 0.05) is 23.2 Å². The normalized spacial score (nSPS) is 20.1. The van der Waals surface area contributed by atoms with Crippen molar-refractivity contribution in [2.45, 2.75) is 43.9 Å². The number of carbonyl (C=O) groups is 1. The minimum atomic E-state index is -0.911. The molecule has 3 heterocycles. The zero-order chi connectivity index (χ0) is 19.3. The predicted molar refractivity (Wildman–Crippen MR) is 106 cm³/mol. The molecule has 1 aromatic carbocycles. The highest BCUT2D eigenvalue weighted by Gasteiger charge is 2.45. The van der Waals surface area contributed by atoms with Crippen molar-refractivity contribution in [2.24, 2.45) is 0 Å². The molecule has 0 unspecified atom stereocenters. The molecule has 0 amide bonds. The van der Waals surface area contributed by atoms with Crippen LogP contribution in [0.5, 0.6) is 0 Å². The lowest BCUT2D eigenvalue weighted by Crippen LogP contribution is -2.42. The Hall–Kier alpha value is -2.67. The third-order valence-electron chi connectivity index (χ3n) is 6.56. The number of aryl methyl sites for hydroxylation is 1. The van der Waals surface area contributed by atoms with Gasteiger partial charge in [0.15, 0.2) is 0 Å². The van der Waals surface area contributed by atoms with Crippen LogP contribution in [0.3, 0.4) is 0 Å². The maximum absolute atomic E-state index is 12.7. The SMILES string of the molecule is O=C(O)c1ccc2c(c1)C1(CCNCC1)CN2c1nc2c(c(=O)[nH]1)CCCC2. The third kappa shape index (κ3) is 2.64. The predicted octanol–water partition coefficient (Wildman–Crippen LogP) is 2.12. The Bertz CT molecular complexity index is 1010. The lowest BCUT2D eigenvalue weighted by Gasteiger charge is -2.34. The second kappa shape index (κ2) is 6.44. The van der Waals surface area contributed by atoms with E-state index in [0.717, 1.165) is 80.7 Å². The molecule has 0 bridgehead atoms. The molecule has 3 N–H and O–H groups in total. The first-order chi connectivity index (χ1) is 13.6. The Labute approximate surface area is 162 Å². The first-order valence-corrected chi connectivity index (χ1v) is 10.1. The van der Waals surface area contributed by atoms with Gasteiger partial charge in [-0.15, -0.1) is 0 Å². The van der Waals surface area contributed by atoms with E-state index in [9.17, 15) is 14.7 Å². The van der Waals surface area contributed by atoms with Crippen LogP contribution < -0.4 is 15.8 Å². The van der Waals surface area contributed by atoms with Gasteiger partial charge in [-0.05, 0) is 75.4 Å². The number of aromatic nitrogens is 2. The zero-order valence-electron chi connectivity index (χ0n) is 15.8. The zero-order valence-corrected chi connectivity index (χ0v) is 15.8. The van der Waals surface area contributed by atoms with E-state index in [4.69, 9.17) is 4.98 Å². The van der Waals surface area contributed by atoms with E-state index in [1.807, 2.05) is 12.1 Å². The molecule has 1 aliphatic carbocycles. The number of hydrogen-bond donors (Lipinski definition) is 3. The van der Waals surface area contributed by atoms with Crippen LogP contribution in [0.2, 0.25) is 0 Å². The number of nitrogens with one attached hydrogen (secondary N) is 2. The van der Waals surface area contributed by atoms with Gasteiger partial charge in [-0.25, -0.2) is 9.78 Å². The molecular formula is C21H24N4O3. The Morgan fingerprint density at radius 3 is 2.75 bits per heavy atom. The average Bonchev–Trinajstić information content (AvgIpc) is 3.02. The molecule has 1 fully saturated rings. The molecular weight excluding hydrogens is 356 g/mol. The fraction of sp³-hybridized carbons (Fsp3) is 0.476. The Balaban J connectivity index is 1.64. The standard InChI is InChI=1S/C21H24N4O3/c26-18-14-3-1-2-4-16(14)23-20(24-18)25-12-21(7-9-22-10-8-21)15-11-13(19(27)28)5-6-17(15)25/h5-6,11,22H,1-4,7-10,12H2,(H,27,28)(H,23,24,26). The summed E-state index contributed by atoms with van der Waals surface area (Å²) in [5, 5.41) is 12.9. The fourth-order valence-corrected chi connectivity index (χ4v) is 5.04. The number of hydrogen-bond acceptors (Lipinski definition) is 5. The summed E-state index contributed by atoms with van der Waals surface area (Å²) in [6, 6.07) is 5.33. The Kier molecular flexibility index (Phi) is 4.01. The second-order valence-electron chi connectivity index (χ2n) is 8.18. The number of fused-ring (bicyclic) bond motifs is 3. The largest absolute Gasteiger partial charge is 0.478 e. The van der Waals surface area contributed by atoms with Gasteiger partial charge in [0.05, 0.1) is 11.3 Å². The van der Waals surface area contributed by atoms with Crippen LogP contribution in [0.4, 0.5) is 11.6 Å². The smallest absolute Gasteiger partial charge is 0.335 e. The van der Waals surface area contributed by atoms with E-state index in [1.165, 1.54) is 0 Å². The van der Waals surface area contributed by atoms with Crippen molar-refractivity contribution in [1.82, 2.24) is 15.3 Å². The fourth-order valence-electron chi connectivity index (χ4n) is 5.04. The van der Waals surface area contributed by atoms with Gasteiger partial charge in [-0.1, -0.05) is 0 Å². The summed E-state index contributed by atoms with van der Waals surface area (Å²) < 4.78 is 0. The van der Waals surface area contributed by atoms with Crippen molar-refractivity contribution in [3.63, 3.8) is 0 Å². The lowest BCUT2D eigenvalue weighted by atomic mass is 9.74. The summed E-state index contributed by atoms with van der Waals surface area (Å²) in [5.74, 6) is -0.323. The second-order valence-corrected chi connectivity index (χ2v) is 8.18. The summed E-state index contributed by atoms with van der Waals surface area (Å²) in [5.41, 5.74) is 3.94. The first kappa shape index (κ1) is 17.4. The number of aromatic amines is 1. The molecule has 0 radical (unpaired) electrons. The molecule has 7 heteroatoms. The van der Waals surface area contributed by atoms with E-state index in [1.54, 1.807) is 6.07 Å². The van der Waals surface area contributed by atoms with Crippen molar-refractivity contribution in [3.8, 4) is 0 Å². The van der Waals surface area contributed by atoms with E-state index < -0.39 is 5.97 Å². The molecule has 28 heavy (non-hydrogen) atoms. The summed E-state index contributed by atoms with van der Waals surface area (Å²) in [7, 11) is 0. The number of nitrogens with zero attached hydrogens (tertiary/aromatic N) is 2. The highest BCUT2D eigenvalue weighted by atomic mass is 16.4. The molecule has 2 aliphatic heterocycles. The molecule has 1 spiro atoms. The van der Waals surface area contributed by atoms with Gasteiger partial charge in [-0.3, -0.25) is 9.78 Å². The van der Waals surface area contributed by atoms with Gasteiger partial charge < -0.3 is 15.3 Å². The number of rotatable bonds is 2. The first-order valence-electron chi connectivity index (χ1n) is 10.1. The number of benzene rings is 1. The molecule has 1 saturated heterocycles. The van der Waals surface area contributed by atoms with E-state index in [2.05, 4.69) is 15.2 Å². The van der Waals surface area contributed by atoms with Gasteiger partial charge in [0.2, 0.25) is 5.95 Å². The Morgan fingerprint density at radius 1 is 1.18 bits per heavy atom. The minimum Gasteiger partial charge on any atom is -0.478 e. The van der Waals surface area contributed by atoms with Crippen molar-refractivity contribution in [2.75, 3.05) is 24.5 Å². The number of piperidine rings is 1. The monoisotopic (exact) mass is 380 g/mol. The molecule has 3 aliphatic rings.